The van der Waals surface area contributed by atoms with Crippen molar-refractivity contribution in [2.24, 2.45) is 0 Å². The Bertz CT molecular complexity index is 1970. The van der Waals surface area contributed by atoms with Crippen LogP contribution in [0.5, 0.6) is 0 Å². The van der Waals surface area contributed by atoms with E-state index >= 15 is 0 Å². The van der Waals surface area contributed by atoms with Crippen LogP contribution in [0, 0.1) is 0 Å². The molecule has 15 nitrogen and oxygen atoms in total. The molecule has 15 heteroatoms. The lowest BCUT2D eigenvalue weighted by Gasteiger charge is -2.39. The van der Waals surface area contributed by atoms with E-state index in [0.717, 1.165) is 116 Å². The molecule has 2 aliphatic rings. The van der Waals surface area contributed by atoms with Gasteiger partial charge in [0.05, 0.1) is 30.5 Å². The fraction of sp³-hybridized carbons (Fsp3) is 0.957. The van der Waals surface area contributed by atoms with Crippen LogP contribution in [-0.4, -0.2) is 165 Å². The highest BCUT2D eigenvalue weighted by Gasteiger charge is 2.39. The zero-order valence-electron chi connectivity index (χ0n) is 73.0. The maximum absolute atomic E-state index is 14.0. The maximum atomic E-state index is 14.0. The van der Waals surface area contributed by atoms with Crippen LogP contribution in [0.4, 0.5) is 0 Å². The van der Waals surface area contributed by atoms with E-state index < -0.39 is 42.6 Å². The molecule has 646 valence electrons. The third kappa shape index (κ3) is 62.6. The first-order valence-corrected chi connectivity index (χ1v) is 48.0. The Kier molecular flexibility index (Phi) is 73.8. The number of carbonyl (C=O) groups is 4. The van der Waals surface area contributed by atoms with E-state index in [1.54, 1.807) is 4.90 Å². The van der Waals surface area contributed by atoms with Gasteiger partial charge in [-0.3, -0.25) is 29.0 Å². The van der Waals surface area contributed by atoms with Crippen molar-refractivity contribution in [3.8, 4) is 0 Å². The predicted molar refractivity (Wildman–Crippen MR) is 459 cm³/mol. The highest BCUT2D eigenvalue weighted by molar-refractivity contribution is 5.81. The van der Waals surface area contributed by atoms with Gasteiger partial charge in [-0.15, -0.1) is 0 Å². The molecule has 0 saturated carbocycles. The summed E-state index contributed by atoms with van der Waals surface area (Å²) in [4.78, 5) is 59.6. The van der Waals surface area contributed by atoms with Crippen molar-refractivity contribution >= 4 is 23.8 Å². The predicted octanol–water partition coefficient (Wildman–Crippen LogP) is 23.2. The van der Waals surface area contributed by atoms with Gasteiger partial charge in [-0.1, -0.05) is 395 Å². The van der Waals surface area contributed by atoms with E-state index in [9.17, 15) is 44.7 Å². The smallest absolute Gasteiger partial charge is 0.323 e. The molecule has 0 aromatic heterocycles. The summed E-state index contributed by atoms with van der Waals surface area (Å²) in [6.07, 6.45) is 71.3. The van der Waals surface area contributed by atoms with Gasteiger partial charge in [-0.05, 0) is 70.6 Å². The van der Waals surface area contributed by atoms with Crippen molar-refractivity contribution in [3.05, 3.63) is 0 Å². The Hall–Kier alpha value is -2.40. The SMILES string of the molecule is CCCCCCCCCCC(O)CN(CC(O)CCCCCCCCCC)C(=O)CCC1C(=O)OC(CCCCCCCCCC)CN1CC(O)CCCCCCCCCC.CCCCCCCCCCC(O)CNC(=O)CCC1C(=O)OC(CCCCCCCCCC)CN1CC(O)CCCCCCCCCC. The molecule has 9 unspecified atom stereocenters. The zero-order valence-corrected chi connectivity index (χ0v) is 73.0. The Morgan fingerprint density at radius 2 is 0.569 bits per heavy atom. The fourth-order valence-electron chi connectivity index (χ4n) is 16.3. The number of nitrogens with one attached hydrogen (secondary N) is 1. The average molecular weight is 1550 g/mol. The van der Waals surface area contributed by atoms with Crippen LogP contribution in [0.1, 0.15) is 479 Å². The number of aliphatic hydroxyl groups is 5. The molecule has 0 aliphatic carbocycles. The summed E-state index contributed by atoms with van der Waals surface area (Å²) in [6.45, 7) is 18.4. The monoisotopic (exact) mass is 1550 g/mol. The Balaban J connectivity index is 0.00000112. The highest BCUT2D eigenvalue weighted by atomic mass is 16.6. The number of morpholine rings is 2. The minimum Gasteiger partial charge on any atom is -0.460 e. The van der Waals surface area contributed by atoms with Crippen LogP contribution in [0.25, 0.3) is 0 Å². The summed E-state index contributed by atoms with van der Waals surface area (Å²) in [5, 5.41) is 57.8. The van der Waals surface area contributed by atoms with E-state index in [2.05, 4.69) is 63.6 Å². The molecule has 0 aromatic carbocycles. The molecule has 0 radical (unpaired) electrons. The molecule has 2 amide bonds. The number of hydrogen-bond acceptors (Lipinski definition) is 13. The molecule has 2 heterocycles. The Morgan fingerprint density at radius 3 is 0.853 bits per heavy atom. The Morgan fingerprint density at radius 1 is 0.330 bits per heavy atom. The summed E-state index contributed by atoms with van der Waals surface area (Å²) in [6, 6.07) is -1.10. The van der Waals surface area contributed by atoms with E-state index in [1.165, 1.54) is 270 Å². The molecule has 2 fully saturated rings. The summed E-state index contributed by atoms with van der Waals surface area (Å²) in [5.74, 6) is -0.803. The lowest BCUT2D eigenvalue weighted by Crippen LogP contribution is -2.55. The van der Waals surface area contributed by atoms with E-state index in [0.29, 0.717) is 58.3 Å². The molecule has 109 heavy (non-hydrogen) atoms. The van der Waals surface area contributed by atoms with E-state index in [4.69, 9.17) is 9.47 Å². The zero-order chi connectivity index (χ0) is 79.7. The quantitative estimate of drug-likeness (QED) is 0.0248. The number of carbonyl (C=O) groups excluding carboxylic acids is 4. The second-order valence-corrected chi connectivity index (χ2v) is 34.4. The molecule has 9 atom stereocenters. The van der Waals surface area contributed by atoms with Crippen LogP contribution in [0.3, 0.4) is 0 Å². The van der Waals surface area contributed by atoms with Gasteiger partial charge in [0.1, 0.15) is 24.3 Å². The number of nitrogens with zero attached hydrogens (tertiary/aromatic N) is 3. The molecule has 0 bridgehead atoms. The van der Waals surface area contributed by atoms with Crippen molar-refractivity contribution < 1.29 is 54.2 Å². The molecular formula is C94H184N4O11. The van der Waals surface area contributed by atoms with Gasteiger partial charge in [0, 0.05) is 58.7 Å². The Labute approximate surface area is 673 Å². The first-order chi connectivity index (χ1) is 53.2. The molecule has 6 N–H and O–H groups in total. The molecule has 0 spiro atoms. The van der Waals surface area contributed by atoms with Crippen LogP contribution < -0.4 is 5.32 Å². The van der Waals surface area contributed by atoms with Crippen molar-refractivity contribution in [1.82, 2.24) is 20.0 Å². The average Bonchev–Trinajstić information content (AvgIpc) is 0.834. The minimum absolute atomic E-state index is 0.127. The number of cyclic esters (lactones) is 2. The maximum Gasteiger partial charge on any atom is 0.323 e. The topological polar surface area (TPSA) is 210 Å². The lowest BCUT2D eigenvalue weighted by atomic mass is 10.0. The van der Waals surface area contributed by atoms with Crippen molar-refractivity contribution in [3.63, 3.8) is 0 Å². The van der Waals surface area contributed by atoms with Gasteiger partial charge < -0.3 is 45.2 Å². The normalized spacial score (nSPS) is 17.7. The van der Waals surface area contributed by atoms with Gasteiger partial charge in [0.2, 0.25) is 11.8 Å². The number of ether oxygens (including phenoxy) is 2. The number of unbranched alkanes of at least 4 members (excludes halogenated alkanes) is 49. The number of rotatable bonds is 79. The summed E-state index contributed by atoms with van der Waals surface area (Å²) in [7, 11) is 0. The number of amides is 2. The number of β-amino-alcohol motifs (C(OH)–C–C–N with tert-alkyl or cyclic N) is 2. The van der Waals surface area contributed by atoms with Crippen LogP contribution in [0.15, 0.2) is 0 Å². The van der Waals surface area contributed by atoms with E-state index in [1.807, 2.05) is 0 Å². The van der Waals surface area contributed by atoms with Gasteiger partial charge >= 0.3 is 11.9 Å². The van der Waals surface area contributed by atoms with Gasteiger partial charge in [0.15, 0.2) is 0 Å². The van der Waals surface area contributed by atoms with Crippen LogP contribution in [-0.2, 0) is 28.7 Å². The number of esters is 2. The van der Waals surface area contributed by atoms with Gasteiger partial charge in [-0.2, -0.15) is 0 Å². The van der Waals surface area contributed by atoms with Gasteiger partial charge in [0.25, 0.3) is 0 Å². The number of aliphatic hydroxyl groups excluding tert-OH is 5. The molecule has 2 aliphatic heterocycles. The summed E-state index contributed by atoms with van der Waals surface area (Å²) in [5.41, 5.74) is 0. The summed E-state index contributed by atoms with van der Waals surface area (Å²) < 4.78 is 12.0. The van der Waals surface area contributed by atoms with Gasteiger partial charge in [-0.25, -0.2) is 0 Å². The largest absolute Gasteiger partial charge is 0.460 e. The lowest BCUT2D eigenvalue weighted by molar-refractivity contribution is -0.169. The molecule has 0 aromatic rings. The fourth-order valence-corrected chi connectivity index (χ4v) is 16.3. The molecule has 2 saturated heterocycles. The summed E-state index contributed by atoms with van der Waals surface area (Å²) >= 11 is 0. The number of hydrogen-bond donors (Lipinski definition) is 6. The highest BCUT2D eigenvalue weighted by Crippen LogP contribution is 2.27. The third-order valence-corrected chi connectivity index (χ3v) is 23.5. The van der Waals surface area contributed by atoms with Crippen LogP contribution in [0.2, 0.25) is 0 Å². The molecular weight excluding hydrogens is 1360 g/mol. The minimum atomic E-state index is -0.640. The molecule has 2 rings (SSSR count). The third-order valence-electron chi connectivity index (χ3n) is 23.5. The van der Waals surface area contributed by atoms with Crippen molar-refractivity contribution in [2.45, 2.75) is 533 Å². The van der Waals surface area contributed by atoms with Crippen molar-refractivity contribution in [2.75, 3.05) is 45.8 Å². The second-order valence-electron chi connectivity index (χ2n) is 34.4. The van der Waals surface area contributed by atoms with Crippen LogP contribution >= 0.6 is 0 Å². The van der Waals surface area contributed by atoms with E-state index in [-0.39, 0.29) is 68.4 Å². The second kappa shape index (κ2) is 76.9. The standard InChI is InChI=1S/C53H104N2O6.C41H80N2O5/c1-5-9-13-17-21-25-29-33-37-47(56)43-54-46-50(40-36-32-28-24-20-16-12-8-4)61-53(60)51(54)41-42-52(59)55(44-48(57)38-34-30-26-22-18-14-10-6-2)45-49(58)39-35-31-27-23-19-15-11-7-3;1-4-7-10-13-16-19-22-25-28-36(44)33-42-40(46)32-31-39-41(47)48-38(30-27-24-21-18-15-12-9-6-3)35-43(39)34-37(45)29-26-23-20-17-14-11-8-5-2/h47-51,56-58H,5-46H2,1-4H3;36-39,44-45H,4-35H2,1-3H3,(H,42,46). The van der Waals surface area contributed by atoms with Crippen molar-refractivity contribution in [1.29, 1.82) is 0 Å². The first-order valence-electron chi connectivity index (χ1n) is 48.0. The first kappa shape index (κ1) is 105.